The summed E-state index contributed by atoms with van der Waals surface area (Å²) in [5.74, 6) is 1.36. The summed E-state index contributed by atoms with van der Waals surface area (Å²) >= 11 is 0. The number of carbonyl (C=O) groups is 2. The molecule has 0 aromatic rings. The molecule has 0 aromatic carbocycles. The zero-order valence-corrected chi connectivity index (χ0v) is 16.0. The van der Waals surface area contributed by atoms with Gasteiger partial charge in [-0.25, -0.2) is 4.99 Å². The molecule has 7 nitrogen and oxygen atoms in total. The lowest BCUT2D eigenvalue weighted by Gasteiger charge is -2.21. The number of rotatable bonds is 5. The molecule has 2 amide bonds. The number of aliphatic imine (C=N–C) groups is 1. The lowest BCUT2D eigenvalue weighted by atomic mass is 10.1. The Morgan fingerprint density at radius 3 is 2.42 bits per heavy atom. The van der Waals surface area contributed by atoms with E-state index in [2.05, 4.69) is 15.6 Å². The van der Waals surface area contributed by atoms with Crippen LogP contribution in [0.3, 0.4) is 0 Å². The Morgan fingerprint density at radius 2 is 1.73 bits per heavy atom. The fourth-order valence-electron chi connectivity index (χ4n) is 4.24. The SMILES string of the molecule is CCNC(=NCC(=O)N1CCCC1)NC1CCN(C(=O)C2CCCC2)C1. The second-order valence-corrected chi connectivity index (χ2v) is 7.68. The van der Waals surface area contributed by atoms with E-state index in [0.717, 1.165) is 64.8 Å². The van der Waals surface area contributed by atoms with Gasteiger partial charge in [0.15, 0.2) is 5.96 Å². The average Bonchev–Trinajstić information content (AvgIpc) is 3.41. The molecule has 1 atom stereocenters. The van der Waals surface area contributed by atoms with Crippen molar-refractivity contribution in [3.8, 4) is 0 Å². The predicted molar refractivity (Wildman–Crippen MR) is 102 cm³/mol. The monoisotopic (exact) mass is 363 g/mol. The maximum Gasteiger partial charge on any atom is 0.244 e. The molecule has 3 fully saturated rings. The van der Waals surface area contributed by atoms with Crippen LogP contribution in [0.15, 0.2) is 4.99 Å². The summed E-state index contributed by atoms with van der Waals surface area (Å²) in [6.07, 6.45) is 7.61. The number of likely N-dealkylation sites (tertiary alicyclic amines) is 2. The zero-order chi connectivity index (χ0) is 18.4. The summed E-state index contributed by atoms with van der Waals surface area (Å²) in [5, 5.41) is 6.63. The van der Waals surface area contributed by atoms with Crippen molar-refractivity contribution in [3.63, 3.8) is 0 Å². The molecule has 146 valence electrons. The van der Waals surface area contributed by atoms with Crippen LogP contribution in [0.1, 0.15) is 51.9 Å². The van der Waals surface area contributed by atoms with Crippen molar-refractivity contribution in [1.29, 1.82) is 0 Å². The highest BCUT2D eigenvalue weighted by Crippen LogP contribution is 2.27. The van der Waals surface area contributed by atoms with Crippen LogP contribution in [0, 0.1) is 5.92 Å². The molecule has 1 saturated carbocycles. The molecule has 2 N–H and O–H groups in total. The zero-order valence-electron chi connectivity index (χ0n) is 16.0. The van der Waals surface area contributed by atoms with Crippen molar-refractivity contribution in [2.45, 2.75) is 57.9 Å². The normalized spacial score (nSPS) is 24.3. The Labute approximate surface area is 156 Å². The van der Waals surface area contributed by atoms with E-state index in [0.29, 0.717) is 11.9 Å². The van der Waals surface area contributed by atoms with E-state index in [4.69, 9.17) is 0 Å². The van der Waals surface area contributed by atoms with E-state index in [1.807, 2.05) is 16.7 Å². The van der Waals surface area contributed by atoms with Crippen molar-refractivity contribution in [1.82, 2.24) is 20.4 Å². The average molecular weight is 364 g/mol. The van der Waals surface area contributed by atoms with E-state index >= 15 is 0 Å². The summed E-state index contributed by atoms with van der Waals surface area (Å²) in [5.41, 5.74) is 0. The molecule has 1 unspecified atom stereocenters. The molecule has 0 aromatic heterocycles. The van der Waals surface area contributed by atoms with Gasteiger partial charge in [-0.3, -0.25) is 9.59 Å². The van der Waals surface area contributed by atoms with Crippen molar-refractivity contribution in [2.75, 3.05) is 39.3 Å². The van der Waals surface area contributed by atoms with Gasteiger partial charge in [-0.15, -0.1) is 0 Å². The number of carbonyl (C=O) groups excluding carboxylic acids is 2. The van der Waals surface area contributed by atoms with Crippen LogP contribution in [-0.2, 0) is 9.59 Å². The van der Waals surface area contributed by atoms with Gasteiger partial charge in [0, 0.05) is 44.7 Å². The van der Waals surface area contributed by atoms with E-state index in [1.165, 1.54) is 12.8 Å². The van der Waals surface area contributed by atoms with Gasteiger partial charge in [0.1, 0.15) is 6.54 Å². The van der Waals surface area contributed by atoms with Gasteiger partial charge in [0.2, 0.25) is 11.8 Å². The van der Waals surface area contributed by atoms with Crippen LogP contribution in [0.4, 0.5) is 0 Å². The number of nitrogens with zero attached hydrogens (tertiary/aromatic N) is 3. The van der Waals surface area contributed by atoms with E-state index in [9.17, 15) is 9.59 Å². The van der Waals surface area contributed by atoms with Gasteiger partial charge in [0.25, 0.3) is 0 Å². The van der Waals surface area contributed by atoms with Crippen LogP contribution >= 0.6 is 0 Å². The van der Waals surface area contributed by atoms with Gasteiger partial charge in [-0.05, 0) is 39.0 Å². The molecule has 7 heteroatoms. The minimum Gasteiger partial charge on any atom is -0.357 e. The minimum atomic E-state index is 0.101. The molecule has 0 bridgehead atoms. The Morgan fingerprint density at radius 1 is 1.00 bits per heavy atom. The lowest BCUT2D eigenvalue weighted by molar-refractivity contribution is -0.134. The van der Waals surface area contributed by atoms with Gasteiger partial charge in [-0.1, -0.05) is 12.8 Å². The second-order valence-electron chi connectivity index (χ2n) is 7.68. The molecule has 3 aliphatic rings. The van der Waals surface area contributed by atoms with Crippen molar-refractivity contribution < 1.29 is 9.59 Å². The topological polar surface area (TPSA) is 77.0 Å². The van der Waals surface area contributed by atoms with Crippen molar-refractivity contribution in [3.05, 3.63) is 0 Å². The fraction of sp³-hybridized carbons (Fsp3) is 0.842. The summed E-state index contributed by atoms with van der Waals surface area (Å²) in [4.78, 5) is 33.1. The molecular formula is C19H33N5O2. The van der Waals surface area contributed by atoms with Crippen LogP contribution in [0.2, 0.25) is 0 Å². The van der Waals surface area contributed by atoms with Gasteiger partial charge in [0.05, 0.1) is 0 Å². The van der Waals surface area contributed by atoms with Crippen LogP contribution < -0.4 is 10.6 Å². The molecular weight excluding hydrogens is 330 g/mol. The molecule has 0 radical (unpaired) electrons. The first-order valence-corrected chi connectivity index (χ1v) is 10.3. The summed E-state index contributed by atoms with van der Waals surface area (Å²) in [6, 6.07) is 0.208. The molecule has 1 aliphatic carbocycles. The maximum atomic E-state index is 12.6. The second kappa shape index (κ2) is 9.24. The molecule has 2 heterocycles. The summed E-state index contributed by atoms with van der Waals surface area (Å²) in [6.45, 7) is 6.23. The quantitative estimate of drug-likeness (QED) is 0.563. The van der Waals surface area contributed by atoms with Crippen molar-refractivity contribution in [2.24, 2.45) is 10.9 Å². The Balaban J connectivity index is 1.48. The summed E-state index contributed by atoms with van der Waals surface area (Å²) in [7, 11) is 0. The third-order valence-corrected chi connectivity index (χ3v) is 5.72. The highest BCUT2D eigenvalue weighted by molar-refractivity contribution is 5.85. The maximum absolute atomic E-state index is 12.6. The number of nitrogens with one attached hydrogen (secondary N) is 2. The number of guanidine groups is 1. The Hall–Kier alpha value is -1.79. The molecule has 2 aliphatic heterocycles. The minimum absolute atomic E-state index is 0.101. The van der Waals surface area contributed by atoms with Gasteiger partial charge < -0.3 is 20.4 Å². The summed E-state index contributed by atoms with van der Waals surface area (Å²) < 4.78 is 0. The van der Waals surface area contributed by atoms with E-state index in [1.54, 1.807) is 0 Å². The van der Waals surface area contributed by atoms with Gasteiger partial charge >= 0.3 is 0 Å². The van der Waals surface area contributed by atoms with Gasteiger partial charge in [-0.2, -0.15) is 0 Å². The Bertz CT molecular complexity index is 524. The lowest BCUT2D eigenvalue weighted by Crippen LogP contribution is -2.46. The van der Waals surface area contributed by atoms with Crippen LogP contribution in [0.5, 0.6) is 0 Å². The molecule has 3 rings (SSSR count). The predicted octanol–water partition coefficient (Wildman–Crippen LogP) is 0.955. The first kappa shape index (κ1) is 19.0. The number of hydrogen-bond acceptors (Lipinski definition) is 3. The smallest absolute Gasteiger partial charge is 0.244 e. The molecule has 26 heavy (non-hydrogen) atoms. The van der Waals surface area contributed by atoms with Crippen molar-refractivity contribution >= 4 is 17.8 Å². The first-order chi connectivity index (χ1) is 12.7. The first-order valence-electron chi connectivity index (χ1n) is 10.3. The standard InChI is InChI=1S/C19H33N5O2/c1-2-20-19(21-13-17(25)23-10-5-6-11-23)22-16-9-12-24(14-16)18(26)15-7-3-4-8-15/h15-16H,2-14H2,1H3,(H2,20,21,22). The van der Waals surface area contributed by atoms with E-state index in [-0.39, 0.29) is 24.4 Å². The highest BCUT2D eigenvalue weighted by atomic mass is 16.2. The molecule has 2 saturated heterocycles. The van der Waals surface area contributed by atoms with Crippen LogP contribution in [-0.4, -0.2) is 72.9 Å². The highest BCUT2D eigenvalue weighted by Gasteiger charge is 2.32. The van der Waals surface area contributed by atoms with Crippen LogP contribution in [0.25, 0.3) is 0 Å². The van der Waals surface area contributed by atoms with E-state index < -0.39 is 0 Å². The third kappa shape index (κ3) is 4.89. The number of hydrogen-bond donors (Lipinski definition) is 2. The third-order valence-electron chi connectivity index (χ3n) is 5.72. The Kier molecular flexibility index (Phi) is 6.74. The largest absolute Gasteiger partial charge is 0.357 e. The molecule has 0 spiro atoms. The number of amides is 2. The fourth-order valence-corrected chi connectivity index (χ4v) is 4.24.